The zero-order valence-corrected chi connectivity index (χ0v) is 22.2. The lowest BCUT2D eigenvalue weighted by Crippen LogP contribution is -2.38. The summed E-state index contributed by atoms with van der Waals surface area (Å²) < 4.78 is 11.5. The van der Waals surface area contributed by atoms with E-state index in [0.29, 0.717) is 36.9 Å². The van der Waals surface area contributed by atoms with Crippen molar-refractivity contribution in [3.05, 3.63) is 59.5 Å². The number of hydrogen-bond donors (Lipinski definition) is 2. The molecular formula is C24H33IN6O2. The largest absolute Gasteiger partial charge is 0.488 e. The number of aromatic nitrogens is 3. The third-order valence-corrected chi connectivity index (χ3v) is 4.38. The van der Waals surface area contributed by atoms with Gasteiger partial charge >= 0.3 is 0 Å². The Balaban J connectivity index is 0.00000385. The normalized spacial score (nSPS) is 11.6. The van der Waals surface area contributed by atoms with Gasteiger partial charge in [0.2, 0.25) is 0 Å². The number of halogens is 1. The number of aliphatic imine (C=N–C) groups is 1. The van der Waals surface area contributed by atoms with E-state index in [1.165, 1.54) is 0 Å². The maximum absolute atomic E-state index is 6.14. The first kappa shape index (κ1) is 26.6. The lowest BCUT2D eigenvalue weighted by Gasteiger charge is -2.23. The maximum Gasteiger partial charge on any atom is 0.276 e. The molecular weight excluding hydrogens is 531 g/mol. The number of hydrogen-bond acceptors (Lipinski definition) is 6. The van der Waals surface area contributed by atoms with Gasteiger partial charge in [0.05, 0.1) is 6.54 Å². The Labute approximate surface area is 212 Å². The Morgan fingerprint density at radius 2 is 1.97 bits per heavy atom. The summed E-state index contributed by atoms with van der Waals surface area (Å²) in [6.45, 7) is 12.1. The second-order valence-electron chi connectivity index (χ2n) is 8.43. The summed E-state index contributed by atoms with van der Waals surface area (Å²) in [4.78, 5) is 13.4. The van der Waals surface area contributed by atoms with Crippen LogP contribution in [0.2, 0.25) is 0 Å². The molecule has 0 spiro atoms. The number of nitrogens with zero attached hydrogens (tertiary/aromatic N) is 4. The predicted molar refractivity (Wildman–Crippen MR) is 141 cm³/mol. The molecule has 0 fully saturated rings. The van der Waals surface area contributed by atoms with E-state index < -0.39 is 0 Å². The molecule has 0 aliphatic heterocycles. The number of nitrogens with one attached hydrogen (secondary N) is 2. The molecule has 9 heteroatoms. The van der Waals surface area contributed by atoms with E-state index in [0.717, 1.165) is 29.4 Å². The minimum absolute atomic E-state index is 0. The van der Waals surface area contributed by atoms with Crippen molar-refractivity contribution >= 4 is 29.9 Å². The monoisotopic (exact) mass is 564 g/mol. The number of benzene rings is 1. The zero-order valence-electron chi connectivity index (χ0n) is 19.9. The SMILES string of the molecule is CCNC(=NCc1ccc(C)cc1OC(C)(C)C)NCCc1noc(-c2ccccn2)n1.I. The van der Waals surface area contributed by atoms with Crippen molar-refractivity contribution in [2.24, 2.45) is 4.99 Å². The van der Waals surface area contributed by atoms with Gasteiger partial charge < -0.3 is 19.9 Å². The molecule has 0 atom stereocenters. The minimum Gasteiger partial charge on any atom is -0.488 e. The van der Waals surface area contributed by atoms with Crippen LogP contribution in [0.25, 0.3) is 11.6 Å². The van der Waals surface area contributed by atoms with Gasteiger partial charge in [-0.2, -0.15) is 4.98 Å². The Bertz CT molecular complexity index is 1030. The molecule has 1 aromatic carbocycles. The molecule has 0 saturated heterocycles. The average Bonchev–Trinajstić information content (AvgIpc) is 3.21. The first-order valence-electron chi connectivity index (χ1n) is 10.9. The summed E-state index contributed by atoms with van der Waals surface area (Å²) in [5, 5.41) is 10.6. The van der Waals surface area contributed by atoms with Gasteiger partial charge in [0.1, 0.15) is 17.0 Å². The van der Waals surface area contributed by atoms with Crippen LogP contribution in [-0.2, 0) is 13.0 Å². The van der Waals surface area contributed by atoms with Crippen molar-refractivity contribution < 1.29 is 9.26 Å². The minimum atomic E-state index is -0.270. The highest BCUT2D eigenvalue weighted by Gasteiger charge is 2.15. The molecule has 0 amide bonds. The molecule has 0 unspecified atom stereocenters. The van der Waals surface area contributed by atoms with E-state index in [9.17, 15) is 0 Å². The van der Waals surface area contributed by atoms with Crippen LogP contribution in [0.15, 0.2) is 52.1 Å². The molecule has 178 valence electrons. The summed E-state index contributed by atoms with van der Waals surface area (Å²) in [5.41, 5.74) is 2.60. The van der Waals surface area contributed by atoms with Crippen molar-refractivity contribution in [3.63, 3.8) is 0 Å². The molecule has 0 saturated carbocycles. The van der Waals surface area contributed by atoms with Gasteiger partial charge in [-0.05, 0) is 58.4 Å². The molecule has 33 heavy (non-hydrogen) atoms. The van der Waals surface area contributed by atoms with Crippen LogP contribution in [0, 0.1) is 6.92 Å². The summed E-state index contributed by atoms with van der Waals surface area (Å²) >= 11 is 0. The van der Waals surface area contributed by atoms with Crippen LogP contribution in [0.3, 0.4) is 0 Å². The fourth-order valence-electron chi connectivity index (χ4n) is 2.96. The first-order valence-corrected chi connectivity index (χ1v) is 10.9. The highest BCUT2D eigenvalue weighted by atomic mass is 127. The number of ether oxygens (including phenoxy) is 1. The van der Waals surface area contributed by atoms with Crippen LogP contribution in [0.1, 0.15) is 44.6 Å². The molecule has 2 N–H and O–H groups in total. The first-order chi connectivity index (χ1) is 15.3. The third kappa shape index (κ3) is 8.64. The van der Waals surface area contributed by atoms with Crippen LogP contribution >= 0.6 is 24.0 Å². The topological polar surface area (TPSA) is 97.5 Å². The smallest absolute Gasteiger partial charge is 0.276 e. The van der Waals surface area contributed by atoms with Gasteiger partial charge in [-0.25, -0.2) is 4.99 Å². The Morgan fingerprint density at radius 3 is 2.67 bits per heavy atom. The Morgan fingerprint density at radius 1 is 1.15 bits per heavy atom. The van der Waals surface area contributed by atoms with Crippen molar-refractivity contribution in [3.8, 4) is 17.3 Å². The second kappa shape index (κ2) is 12.5. The number of aryl methyl sites for hydroxylation is 1. The molecule has 2 aromatic heterocycles. The standard InChI is InChI=1S/C24H32N6O2.HI/c1-6-25-23(28-16-18-11-10-17(2)15-20(18)31-24(3,4)5)27-14-12-21-29-22(32-30-21)19-9-7-8-13-26-19;/h7-11,13,15H,6,12,14,16H2,1-5H3,(H2,25,27,28);1H. The lowest BCUT2D eigenvalue weighted by atomic mass is 10.1. The lowest BCUT2D eigenvalue weighted by molar-refractivity contribution is 0.129. The molecule has 2 heterocycles. The summed E-state index contributed by atoms with van der Waals surface area (Å²) in [6.07, 6.45) is 2.30. The highest BCUT2D eigenvalue weighted by molar-refractivity contribution is 14.0. The van der Waals surface area contributed by atoms with Crippen LogP contribution in [0.5, 0.6) is 5.75 Å². The van der Waals surface area contributed by atoms with Gasteiger partial charge in [-0.15, -0.1) is 24.0 Å². The fraction of sp³-hybridized carbons (Fsp3) is 0.417. The van der Waals surface area contributed by atoms with Crippen molar-refractivity contribution in [1.29, 1.82) is 0 Å². The van der Waals surface area contributed by atoms with Gasteiger partial charge in [0, 0.05) is 31.3 Å². The predicted octanol–water partition coefficient (Wildman–Crippen LogP) is 4.53. The van der Waals surface area contributed by atoms with Crippen LogP contribution in [0.4, 0.5) is 0 Å². The molecule has 3 rings (SSSR count). The zero-order chi connectivity index (χ0) is 23.0. The van der Waals surface area contributed by atoms with Crippen molar-refractivity contribution in [2.75, 3.05) is 13.1 Å². The van der Waals surface area contributed by atoms with Gasteiger partial charge in [0.15, 0.2) is 11.8 Å². The van der Waals surface area contributed by atoms with E-state index in [1.54, 1.807) is 6.20 Å². The Hall–Kier alpha value is -2.69. The third-order valence-electron chi connectivity index (χ3n) is 4.38. The van der Waals surface area contributed by atoms with Crippen molar-refractivity contribution in [2.45, 2.75) is 53.2 Å². The molecule has 8 nitrogen and oxygen atoms in total. The van der Waals surface area contributed by atoms with E-state index in [1.807, 2.05) is 45.9 Å². The number of pyridine rings is 1. The van der Waals surface area contributed by atoms with Gasteiger partial charge in [0.25, 0.3) is 5.89 Å². The molecule has 0 radical (unpaired) electrons. The molecule has 3 aromatic rings. The highest BCUT2D eigenvalue weighted by Crippen LogP contribution is 2.25. The van der Waals surface area contributed by atoms with Crippen LogP contribution < -0.4 is 15.4 Å². The van der Waals surface area contributed by atoms with Gasteiger partial charge in [-0.3, -0.25) is 4.98 Å². The number of rotatable bonds is 8. The van der Waals surface area contributed by atoms with Crippen molar-refractivity contribution in [1.82, 2.24) is 25.8 Å². The van der Waals surface area contributed by atoms with E-state index >= 15 is 0 Å². The molecule has 0 bridgehead atoms. The summed E-state index contributed by atoms with van der Waals surface area (Å²) in [5.74, 6) is 2.63. The fourth-order valence-corrected chi connectivity index (χ4v) is 2.96. The quantitative estimate of drug-likeness (QED) is 0.236. The van der Waals surface area contributed by atoms with Gasteiger partial charge in [-0.1, -0.05) is 23.4 Å². The molecule has 0 aliphatic carbocycles. The maximum atomic E-state index is 6.14. The van der Waals surface area contributed by atoms with E-state index in [4.69, 9.17) is 14.3 Å². The second-order valence-corrected chi connectivity index (χ2v) is 8.43. The summed E-state index contributed by atoms with van der Waals surface area (Å²) in [7, 11) is 0. The van der Waals surface area contributed by atoms with E-state index in [-0.39, 0.29) is 29.6 Å². The average molecular weight is 564 g/mol. The number of guanidine groups is 1. The Kier molecular flexibility index (Phi) is 10.1. The summed E-state index contributed by atoms with van der Waals surface area (Å²) in [6, 6.07) is 11.8. The van der Waals surface area contributed by atoms with Crippen LogP contribution in [-0.4, -0.2) is 39.8 Å². The van der Waals surface area contributed by atoms with E-state index in [2.05, 4.69) is 50.9 Å². The molecule has 0 aliphatic rings.